The Balaban J connectivity index is 1.62. The number of aryl methyl sites for hydroxylation is 2. The van der Waals surface area contributed by atoms with E-state index in [4.69, 9.17) is 9.97 Å². The van der Waals surface area contributed by atoms with Crippen molar-refractivity contribution in [1.82, 2.24) is 29.6 Å². The summed E-state index contributed by atoms with van der Waals surface area (Å²) in [5.41, 5.74) is 5.45. The molecular weight excluding hydrogens is 583 g/mol. The number of anilines is 2. The molecule has 1 amide bonds. The third-order valence-electron chi connectivity index (χ3n) is 9.54. The number of benzene rings is 2. The standard InChI is InChI=1S/C35H37FN8O2/c1-8-27(45)42-17-22-16-41(7)33-29-26(13-23(30(33)36)28-19(4)9-10-25-24(28)14-38-40-25)44(32-20(5)11-12-37-31(32)18(2)3)35(46)39-34(29)43(22)15-21(42)6/h8-14,18,21-22H,1,15-17H2,2-7H3,(H,38,40). The fraction of sp³-hybridized carbons (Fsp3) is 0.343. The number of nitrogens with zero attached hydrogens (tertiary/aromatic N) is 7. The second-order valence-electron chi connectivity index (χ2n) is 12.9. The van der Waals surface area contributed by atoms with Gasteiger partial charge in [-0.15, -0.1) is 0 Å². The summed E-state index contributed by atoms with van der Waals surface area (Å²) in [4.78, 5) is 42.4. The fourth-order valence-corrected chi connectivity index (χ4v) is 7.35. The van der Waals surface area contributed by atoms with Crippen molar-refractivity contribution >= 4 is 39.2 Å². The van der Waals surface area contributed by atoms with Crippen LogP contribution in [0.5, 0.6) is 0 Å². The van der Waals surface area contributed by atoms with Crippen LogP contribution in [-0.4, -0.2) is 74.3 Å². The van der Waals surface area contributed by atoms with Gasteiger partial charge in [0.05, 0.1) is 45.7 Å². The van der Waals surface area contributed by atoms with Crippen LogP contribution in [0.3, 0.4) is 0 Å². The number of aromatic amines is 1. The van der Waals surface area contributed by atoms with Crippen molar-refractivity contribution in [2.45, 2.75) is 52.6 Å². The lowest BCUT2D eigenvalue weighted by Gasteiger charge is -2.45. The molecule has 0 aliphatic carbocycles. The average molecular weight is 621 g/mol. The summed E-state index contributed by atoms with van der Waals surface area (Å²) in [5.74, 6) is -0.124. The maximum atomic E-state index is 17.4. The molecule has 2 atom stereocenters. The van der Waals surface area contributed by atoms with Crippen LogP contribution in [0.4, 0.5) is 15.9 Å². The largest absolute Gasteiger partial charge is 0.369 e. The summed E-state index contributed by atoms with van der Waals surface area (Å²) in [6.07, 6.45) is 4.79. The van der Waals surface area contributed by atoms with E-state index in [0.717, 1.165) is 27.7 Å². The van der Waals surface area contributed by atoms with Gasteiger partial charge >= 0.3 is 5.69 Å². The Morgan fingerprint density at radius 3 is 2.65 bits per heavy atom. The highest BCUT2D eigenvalue weighted by atomic mass is 19.1. The SMILES string of the molecule is C=CC(=O)N1CC2CN(C)c3c(F)c(-c4c(C)ccc5[nH]ncc45)cc4c3c(nc(=O)n4-c3c(C)ccnc3C(C)C)N2CC1C. The van der Waals surface area contributed by atoms with Gasteiger partial charge in [0.25, 0.3) is 0 Å². The zero-order valence-corrected chi connectivity index (χ0v) is 26.9. The summed E-state index contributed by atoms with van der Waals surface area (Å²) in [5, 5.41) is 8.60. The molecule has 0 radical (unpaired) electrons. The molecule has 7 rings (SSSR count). The van der Waals surface area contributed by atoms with Crippen LogP contribution >= 0.6 is 0 Å². The number of fused-ring (bicyclic) bond motifs is 3. The van der Waals surface area contributed by atoms with E-state index in [1.807, 2.05) is 64.8 Å². The Kier molecular flexibility index (Phi) is 6.95. The molecule has 0 bridgehead atoms. The molecule has 2 aliphatic heterocycles. The van der Waals surface area contributed by atoms with E-state index in [1.165, 1.54) is 6.08 Å². The summed E-state index contributed by atoms with van der Waals surface area (Å²) in [6.45, 7) is 14.9. The second-order valence-corrected chi connectivity index (χ2v) is 12.9. The lowest BCUT2D eigenvalue weighted by Crippen LogP contribution is -2.61. The van der Waals surface area contributed by atoms with Gasteiger partial charge in [0.2, 0.25) is 5.91 Å². The van der Waals surface area contributed by atoms with Gasteiger partial charge in [-0.2, -0.15) is 10.1 Å². The van der Waals surface area contributed by atoms with Gasteiger partial charge in [-0.05, 0) is 67.7 Å². The number of hydrogen-bond donors (Lipinski definition) is 1. The highest BCUT2D eigenvalue weighted by Crippen LogP contribution is 2.45. The lowest BCUT2D eigenvalue weighted by atomic mass is 9.94. The van der Waals surface area contributed by atoms with E-state index in [0.29, 0.717) is 58.9 Å². The molecule has 1 saturated heterocycles. The van der Waals surface area contributed by atoms with E-state index in [2.05, 4.69) is 21.7 Å². The highest BCUT2D eigenvalue weighted by molar-refractivity contribution is 6.07. The van der Waals surface area contributed by atoms with Gasteiger partial charge in [-0.25, -0.2) is 9.18 Å². The van der Waals surface area contributed by atoms with Crippen molar-refractivity contribution in [2.24, 2.45) is 0 Å². The first-order chi connectivity index (χ1) is 22.0. The number of pyridine rings is 1. The average Bonchev–Trinajstić information content (AvgIpc) is 3.46. The third-order valence-corrected chi connectivity index (χ3v) is 9.54. The molecule has 5 heterocycles. The molecule has 11 heteroatoms. The predicted octanol–water partition coefficient (Wildman–Crippen LogP) is 5.24. The molecule has 1 fully saturated rings. The molecule has 46 heavy (non-hydrogen) atoms. The normalized spacial score (nSPS) is 18.0. The van der Waals surface area contributed by atoms with E-state index >= 15 is 4.39 Å². The Labute approximate surface area is 266 Å². The Morgan fingerprint density at radius 2 is 1.91 bits per heavy atom. The van der Waals surface area contributed by atoms with Crippen LogP contribution in [0.25, 0.3) is 38.6 Å². The van der Waals surface area contributed by atoms with E-state index < -0.39 is 11.5 Å². The monoisotopic (exact) mass is 620 g/mol. The van der Waals surface area contributed by atoms with Crippen LogP contribution in [0.2, 0.25) is 0 Å². The molecule has 2 aromatic carbocycles. The molecular formula is C35H37FN8O2. The number of hydrogen-bond acceptors (Lipinski definition) is 7. The lowest BCUT2D eigenvalue weighted by molar-refractivity contribution is -0.128. The van der Waals surface area contributed by atoms with Crippen LogP contribution in [0.15, 0.2) is 54.1 Å². The van der Waals surface area contributed by atoms with Crippen molar-refractivity contribution in [3.8, 4) is 16.8 Å². The summed E-state index contributed by atoms with van der Waals surface area (Å²) >= 11 is 0. The number of rotatable bonds is 4. The Bertz CT molecular complexity index is 2130. The minimum Gasteiger partial charge on any atom is -0.369 e. The maximum absolute atomic E-state index is 17.4. The quantitative estimate of drug-likeness (QED) is 0.274. The van der Waals surface area contributed by atoms with Crippen LogP contribution in [0.1, 0.15) is 43.5 Å². The minimum atomic E-state index is -0.470. The molecule has 10 nitrogen and oxygen atoms in total. The van der Waals surface area contributed by atoms with Crippen molar-refractivity contribution in [2.75, 3.05) is 36.5 Å². The highest BCUT2D eigenvalue weighted by Gasteiger charge is 2.40. The fourth-order valence-electron chi connectivity index (χ4n) is 7.35. The molecule has 2 aliphatic rings. The first-order valence-electron chi connectivity index (χ1n) is 15.6. The van der Waals surface area contributed by atoms with E-state index in [1.54, 1.807) is 27.9 Å². The predicted molar refractivity (Wildman–Crippen MR) is 180 cm³/mol. The number of nitrogens with one attached hydrogen (secondary N) is 1. The van der Waals surface area contributed by atoms with Crippen molar-refractivity contribution in [1.29, 1.82) is 0 Å². The number of carbonyl (C=O) groups excluding carboxylic acids is 1. The Hall–Kier alpha value is -5.06. The first-order valence-corrected chi connectivity index (χ1v) is 15.6. The van der Waals surface area contributed by atoms with Crippen molar-refractivity contribution in [3.63, 3.8) is 0 Å². The number of likely N-dealkylation sites (N-methyl/N-ethyl adjacent to an activating group) is 1. The molecule has 5 aromatic rings. The first kappa shape index (κ1) is 29.6. The number of halogens is 1. The van der Waals surface area contributed by atoms with E-state index in [9.17, 15) is 9.59 Å². The molecule has 0 saturated carbocycles. The van der Waals surface area contributed by atoms with E-state index in [-0.39, 0.29) is 23.9 Å². The Morgan fingerprint density at radius 1 is 1.13 bits per heavy atom. The third kappa shape index (κ3) is 4.32. The zero-order valence-electron chi connectivity index (χ0n) is 26.9. The minimum absolute atomic E-state index is 0.0110. The van der Waals surface area contributed by atoms with Gasteiger partial charge in [-0.1, -0.05) is 26.5 Å². The van der Waals surface area contributed by atoms with Gasteiger partial charge in [0, 0.05) is 49.9 Å². The van der Waals surface area contributed by atoms with Crippen LogP contribution in [-0.2, 0) is 4.79 Å². The summed E-state index contributed by atoms with van der Waals surface area (Å²) in [6, 6.07) is 7.14. The zero-order chi connectivity index (χ0) is 32.6. The summed E-state index contributed by atoms with van der Waals surface area (Å²) < 4.78 is 19.0. The second kappa shape index (κ2) is 10.8. The molecule has 3 aromatic heterocycles. The van der Waals surface area contributed by atoms with Crippen LogP contribution < -0.4 is 15.5 Å². The van der Waals surface area contributed by atoms with Gasteiger partial charge < -0.3 is 14.7 Å². The number of amides is 1. The number of carbonyl (C=O) groups is 1. The number of aromatic nitrogens is 5. The molecule has 2 unspecified atom stereocenters. The maximum Gasteiger partial charge on any atom is 0.354 e. The molecule has 1 N–H and O–H groups in total. The van der Waals surface area contributed by atoms with Crippen molar-refractivity contribution < 1.29 is 9.18 Å². The van der Waals surface area contributed by atoms with Crippen LogP contribution in [0, 0.1) is 19.7 Å². The van der Waals surface area contributed by atoms with Gasteiger partial charge in [-0.3, -0.25) is 19.4 Å². The number of H-pyrrole nitrogens is 1. The molecule has 236 valence electrons. The summed E-state index contributed by atoms with van der Waals surface area (Å²) in [7, 11) is 1.86. The van der Waals surface area contributed by atoms with Gasteiger partial charge in [0.1, 0.15) is 5.82 Å². The van der Waals surface area contributed by atoms with Crippen molar-refractivity contribution in [3.05, 3.63) is 82.4 Å². The van der Waals surface area contributed by atoms with Gasteiger partial charge in [0.15, 0.2) is 5.82 Å². The smallest absolute Gasteiger partial charge is 0.354 e. The topological polar surface area (TPSA) is 103 Å². The number of piperazine rings is 1. The molecule has 0 spiro atoms.